The van der Waals surface area contributed by atoms with Gasteiger partial charge in [-0.1, -0.05) is 91.0 Å². The maximum atomic E-state index is 10.1. The minimum Gasteiger partial charge on any atom is -0.508 e. The van der Waals surface area contributed by atoms with Crippen LogP contribution in [0, 0.1) is 13.8 Å². The van der Waals surface area contributed by atoms with Crippen LogP contribution in [0.4, 0.5) is 0 Å². The van der Waals surface area contributed by atoms with Gasteiger partial charge in [0.15, 0.2) is 58.7 Å². The number of hydrogen-bond acceptors (Lipinski definition) is 7. The molecule has 0 amide bonds. The summed E-state index contributed by atoms with van der Waals surface area (Å²) in [4.78, 5) is 14.2. The minimum absolute atomic E-state index is 0.134. The molecule has 12 aromatic rings. The van der Waals surface area contributed by atoms with Crippen molar-refractivity contribution in [2.24, 2.45) is 0 Å². The summed E-state index contributed by atoms with van der Waals surface area (Å²) in [7, 11) is -0.915. The van der Waals surface area contributed by atoms with Gasteiger partial charge in [-0.05, 0) is 231 Å². The first-order valence-corrected chi connectivity index (χ1v) is 32.1. The Hall–Kier alpha value is -9.36. The molecule has 7 N–H and O–H groups in total. The monoisotopic (exact) mass is 1190 g/mol. The van der Waals surface area contributed by atoms with Gasteiger partial charge in [0.05, 0.1) is 43.6 Å². The molecule has 7 nitrogen and oxygen atoms in total. The van der Waals surface area contributed by atoms with Crippen molar-refractivity contribution in [2.45, 2.75) is 72.6 Å². The Morgan fingerprint density at radius 3 is 0.482 bits per heavy atom. The van der Waals surface area contributed by atoms with Crippen molar-refractivity contribution in [3.63, 3.8) is 0 Å². The number of phenolic OH excluding ortho intramolecular Hbond substituents is 7. The first-order valence-electron chi connectivity index (χ1n) is 27.2. The van der Waals surface area contributed by atoms with Crippen LogP contribution in [0.2, 0.25) is 0 Å². The van der Waals surface area contributed by atoms with E-state index in [4.69, 9.17) is 0 Å². The fraction of sp³-hybridized carbons (Fsp3) is 0.0270. The van der Waals surface area contributed by atoms with E-state index in [1.54, 1.807) is 72.8 Å². The largest absolute Gasteiger partial charge is 0.508 e. The molecule has 0 aromatic heterocycles. The zero-order valence-electron chi connectivity index (χ0n) is 46.7. The third-order valence-electron chi connectivity index (χ3n) is 13.0. The lowest BCUT2D eigenvalue weighted by molar-refractivity contribution is 0.466. The molecule has 85 heavy (non-hydrogen) atoms. The number of rotatable bonds is 12. The molecule has 0 radical (unpaired) electrons. The lowest BCUT2D eigenvalue weighted by Crippen LogP contribution is -2.05. The van der Waals surface area contributed by atoms with Crippen LogP contribution in [-0.4, -0.2) is 35.7 Å². The second-order valence-corrected chi connectivity index (χ2v) is 27.3. The van der Waals surface area contributed by atoms with Gasteiger partial charge in [-0.3, -0.25) is 0 Å². The SMILES string of the molecule is Cc1cc([S+](c2ccccc2)c2ccccc2)cc(C)c1O.Oc1ccc([S+](c2ccc(O)cc2)c2ccc(O)cc2)cc1.Oc1ccc([S+](c2ccccc2)c2ccc(O)cc2)cc1.Oc1ccc([S+](c2ccccc2)c2ccccc2)cc1. The van der Waals surface area contributed by atoms with E-state index in [1.807, 2.05) is 129 Å². The van der Waals surface area contributed by atoms with E-state index >= 15 is 0 Å². The topological polar surface area (TPSA) is 142 Å². The fourth-order valence-electron chi connectivity index (χ4n) is 8.94. The molecule has 0 saturated heterocycles. The van der Waals surface area contributed by atoms with E-state index in [9.17, 15) is 35.7 Å². The summed E-state index contributed by atoms with van der Waals surface area (Å²) in [6.07, 6.45) is 0. The van der Waals surface area contributed by atoms with Crippen LogP contribution in [0.15, 0.2) is 368 Å². The van der Waals surface area contributed by atoms with Crippen molar-refractivity contribution in [2.75, 3.05) is 0 Å². The van der Waals surface area contributed by atoms with Gasteiger partial charge in [0, 0.05) is 12.1 Å². The number of aromatic hydroxyl groups is 7. The minimum atomic E-state index is -0.373. The third kappa shape index (κ3) is 16.5. The molecule has 422 valence electrons. The highest BCUT2D eigenvalue weighted by Gasteiger charge is 2.32. The molecule has 0 aliphatic carbocycles. The first kappa shape index (κ1) is 60.2. The molecule has 0 heterocycles. The van der Waals surface area contributed by atoms with Gasteiger partial charge in [-0.25, -0.2) is 0 Å². The van der Waals surface area contributed by atoms with Crippen LogP contribution in [0.3, 0.4) is 0 Å². The van der Waals surface area contributed by atoms with E-state index in [0.717, 1.165) is 35.6 Å². The fourth-order valence-corrected chi connectivity index (χ4v) is 17.4. The second kappa shape index (κ2) is 29.8. The molecule has 0 atom stereocenters. The molecular weight excluding hydrogens is 1130 g/mol. The number of aryl methyl sites for hydroxylation is 2. The Balaban J connectivity index is 0.000000136. The average molecular weight is 1190 g/mol. The molecule has 0 aliphatic rings. The summed E-state index contributed by atoms with van der Waals surface area (Å²) >= 11 is 0. The zero-order valence-corrected chi connectivity index (χ0v) is 50.0. The van der Waals surface area contributed by atoms with Crippen molar-refractivity contribution in [1.82, 2.24) is 0 Å². The Bertz CT molecular complexity index is 3690. The number of hydrogen-bond donors (Lipinski definition) is 7. The van der Waals surface area contributed by atoms with Crippen molar-refractivity contribution < 1.29 is 35.7 Å². The van der Waals surface area contributed by atoms with E-state index in [1.165, 1.54) is 34.3 Å². The Morgan fingerprint density at radius 1 is 0.176 bits per heavy atom. The predicted molar refractivity (Wildman–Crippen MR) is 347 cm³/mol. The van der Waals surface area contributed by atoms with Crippen molar-refractivity contribution in [1.29, 1.82) is 0 Å². The maximum absolute atomic E-state index is 10.1. The molecule has 11 heteroatoms. The zero-order chi connectivity index (χ0) is 59.5. The molecular formula is C74H64O7S4+4. The predicted octanol–water partition coefficient (Wildman–Crippen LogP) is 17.7. The van der Waals surface area contributed by atoms with Gasteiger partial charge in [-0.15, -0.1) is 0 Å². The molecule has 0 fully saturated rings. The van der Waals surface area contributed by atoms with Crippen molar-refractivity contribution >= 4 is 43.6 Å². The lowest BCUT2D eigenvalue weighted by atomic mass is 10.1. The molecule has 12 rings (SSSR count). The second-order valence-electron chi connectivity index (χ2n) is 19.2. The molecule has 0 spiro atoms. The van der Waals surface area contributed by atoms with Gasteiger partial charge in [0.2, 0.25) is 0 Å². The van der Waals surface area contributed by atoms with Crippen LogP contribution in [0.5, 0.6) is 40.2 Å². The summed E-state index contributed by atoms with van der Waals surface area (Å²) in [5.74, 6) is 1.91. The Morgan fingerprint density at radius 2 is 0.318 bits per heavy atom. The van der Waals surface area contributed by atoms with Gasteiger partial charge in [0.1, 0.15) is 40.2 Å². The molecule has 0 saturated carbocycles. The van der Waals surface area contributed by atoms with Crippen LogP contribution in [0.25, 0.3) is 0 Å². The van der Waals surface area contributed by atoms with E-state index in [-0.39, 0.29) is 72.3 Å². The quantitative estimate of drug-likeness (QED) is 0.0604. The molecule has 0 aliphatic heterocycles. The Labute approximate surface area is 509 Å². The average Bonchev–Trinajstić information content (AvgIpc) is 3.60. The van der Waals surface area contributed by atoms with Gasteiger partial charge < -0.3 is 35.7 Å². The van der Waals surface area contributed by atoms with Gasteiger partial charge in [0.25, 0.3) is 0 Å². The highest BCUT2D eigenvalue weighted by Crippen LogP contribution is 2.38. The standard InChI is InChI=1S/C20H18OS.C18H14O3S.C18H14O2S.C18H14OS/c1-15-13-19(14-16(2)20(15)21)22(17-9-5-3-6-10-17)18-11-7-4-8-12-18;19-13-1-7-16(8-2-13)22(17-9-3-14(20)4-10-17)18-11-5-15(21)6-12-18;19-14-6-10-17(11-7-14)21(16-4-2-1-3-5-16)18-12-8-15(20)9-13-18;19-15-11-13-18(14-12-15)20(16-7-3-1-4-8-16)17-9-5-2-6-10-17/h3-14H,1-2H3;1-12H,(H2-,19,20,21);1-13H,(H-,19,20);1-14H/p+4. The van der Waals surface area contributed by atoms with E-state index in [2.05, 4.69) is 121 Å². The summed E-state index contributed by atoms with van der Waals surface area (Å²) in [6, 6.07) is 99.9. The normalized spacial score (nSPS) is 10.8. The number of benzene rings is 12. The molecule has 0 unspecified atom stereocenters. The van der Waals surface area contributed by atoms with Gasteiger partial charge in [-0.2, -0.15) is 0 Å². The molecule has 12 aromatic carbocycles. The van der Waals surface area contributed by atoms with Crippen LogP contribution in [0.1, 0.15) is 11.1 Å². The summed E-state index contributed by atoms with van der Waals surface area (Å²) in [6.45, 7) is 3.92. The summed E-state index contributed by atoms with van der Waals surface area (Å²) in [5.41, 5.74) is 1.86. The highest BCUT2D eigenvalue weighted by molar-refractivity contribution is 7.98. The van der Waals surface area contributed by atoms with E-state index in [0.29, 0.717) is 11.5 Å². The lowest BCUT2D eigenvalue weighted by Gasteiger charge is -2.10. The molecule has 0 bridgehead atoms. The van der Waals surface area contributed by atoms with Crippen molar-refractivity contribution in [3.8, 4) is 40.2 Å². The van der Waals surface area contributed by atoms with E-state index < -0.39 is 0 Å². The van der Waals surface area contributed by atoms with Crippen molar-refractivity contribution in [3.05, 3.63) is 321 Å². The Kier molecular flexibility index (Phi) is 21.1. The summed E-state index contributed by atoms with van der Waals surface area (Å²) in [5, 5.41) is 67.0. The van der Waals surface area contributed by atoms with Crippen LogP contribution >= 0.6 is 0 Å². The smallest absolute Gasteiger partial charge is 0.167 e. The maximum Gasteiger partial charge on any atom is 0.167 e. The number of phenols is 7. The highest BCUT2D eigenvalue weighted by atomic mass is 32.2. The third-order valence-corrected chi connectivity index (χ3v) is 21.9. The van der Waals surface area contributed by atoms with Crippen LogP contribution in [-0.2, 0) is 43.6 Å². The van der Waals surface area contributed by atoms with Gasteiger partial charge >= 0.3 is 0 Å². The first-order chi connectivity index (χ1) is 41.4. The summed E-state index contributed by atoms with van der Waals surface area (Å²) < 4.78 is 0. The van der Waals surface area contributed by atoms with Crippen LogP contribution < -0.4 is 0 Å².